The second-order valence-corrected chi connectivity index (χ2v) is 5.23. The van der Waals surface area contributed by atoms with E-state index in [9.17, 15) is 14.7 Å². The molecule has 0 radical (unpaired) electrons. The molecule has 1 aromatic rings. The van der Waals surface area contributed by atoms with Crippen LogP contribution < -0.4 is 5.32 Å². The van der Waals surface area contributed by atoms with E-state index < -0.39 is 11.4 Å². The number of aromatic nitrogens is 2. The van der Waals surface area contributed by atoms with E-state index in [0.717, 1.165) is 5.69 Å². The fourth-order valence-corrected chi connectivity index (χ4v) is 1.68. The summed E-state index contributed by atoms with van der Waals surface area (Å²) in [7, 11) is 0. The van der Waals surface area contributed by atoms with Crippen molar-refractivity contribution in [3.63, 3.8) is 0 Å². The first kappa shape index (κ1) is 15.2. The standard InChI is InChI=1S/C13H21N3O3/c1-9(2)13(3,12(18)19)6-11(17)15-5-4-10-7-14-8-16-10/h7-9H,4-6H2,1-3H3,(H,14,16)(H,15,17)(H,18,19). The highest BCUT2D eigenvalue weighted by molar-refractivity contribution is 5.84. The van der Waals surface area contributed by atoms with Gasteiger partial charge in [-0.05, 0) is 12.8 Å². The minimum absolute atomic E-state index is 0.0109. The van der Waals surface area contributed by atoms with Crippen LogP contribution in [0.5, 0.6) is 0 Å². The van der Waals surface area contributed by atoms with Gasteiger partial charge in [0.25, 0.3) is 0 Å². The predicted molar refractivity (Wildman–Crippen MR) is 70.5 cm³/mol. The van der Waals surface area contributed by atoms with E-state index in [-0.39, 0.29) is 18.2 Å². The van der Waals surface area contributed by atoms with E-state index in [2.05, 4.69) is 15.3 Å². The van der Waals surface area contributed by atoms with Crippen LogP contribution in [0.25, 0.3) is 0 Å². The van der Waals surface area contributed by atoms with Gasteiger partial charge in [-0.25, -0.2) is 4.98 Å². The lowest BCUT2D eigenvalue weighted by Crippen LogP contribution is -2.39. The van der Waals surface area contributed by atoms with Crippen molar-refractivity contribution in [3.05, 3.63) is 18.2 Å². The zero-order chi connectivity index (χ0) is 14.5. The summed E-state index contributed by atoms with van der Waals surface area (Å²) in [6.45, 7) is 5.70. The van der Waals surface area contributed by atoms with Gasteiger partial charge in [0.05, 0.1) is 11.7 Å². The molecule has 1 unspecified atom stereocenters. The van der Waals surface area contributed by atoms with Crippen molar-refractivity contribution in [2.24, 2.45) is 11.3 Å². The zero-order valence-electron chi connectivity index (χ0n) is 11.6. The number of hydrogen-bond donors (Lipinski definition) is 3. The van der Waals surface area contributed by atoms with Gasteiger partial charge in [-0.2, -0.15) is 0 Å². The van der Waals surface area contributed by atoms with Crippen LogP contribution in [0.15, 0.2) is 12.5 Å². The summed E-state index contributed by atoms with van der Waals surface area (Å²) in [5.41, 5.74) is -0.0944. The Morgan fingerprint density at radius 1 is 1.53 bits per heavy atom. The summed E-state index contributed by atoms with van der Waals surface area (Å²) in [5, 5.41) is 12.0. The van der Waals surface area contributed by atoms with Crippen LogP contribution in [0.4, 0.5) is 0 Å². The Morgan fingerprint density at radius 3 is 2.68 bits per heavy atom. The quantitative estimate of drug-likeness (QED) is 0.692. The van der Waals surface area contributed by atoms with Crippen molar-refractivity contribution in [2.45, 2.75) is 33.6 Å². The molecule has 0 aromatic carbocycles. The third kappa shape index (κ3) is 4.08. The highest BCUT2D eigenvalue weighted by Gasteiger charge is 2.38. The van der Waals surface area contributed by atoms with Gasteiger partial charge >= 0.3 is 5.97 Å². The minimum Gasteiger partial charge on any atom is -0.481 e. The van der Waals surface area contributed by atoms with Crippen LogP contribution in [0.3, 0.4) is 0 Å². The van der Waals surface area contributed by atoms with E-state index in [1.807, 2.05) is 13.8 Å². The average molecular weight is 267 g/mol. The molecule has 3 N–H and O–H groups in total. The summed E-state index contributed by atoms with van der Waals surface area (Å²) in [6, 6.07) is 0. The van der Waals surface area contributed by atoms with Crippen LogP contribution in [-0.2, 0) is 16.0 Å². The molecule has 0 aliphatic rings. The summed E-state index contributed by atoms with van der Waals surface area (Å²) < 4.78 is 0. The summed E-state index contributed by atoms with van der Waals surface area (Å²) in [6.07, 6.45) is 3.92. The molecule has 0 bridgehead atoms. The smallest absolute Gasteiger partial charge is 0.310 e. The van der Waals surface area contributed by atoms with Crippen LogP contribution >= 0.6 is 0 Å². The molecular weight excluding hydrogens is 246 g/mol. The molecule has 1 amide bonds. The lowest BCUT2D eigenvalue weighted by atomic mass is 9.76. The number of rotatable bonds is 7. The number of carbonyl (C=O) groups is 2. The van der Waals surface area contributed by atoms with E-state index in [0.29, 0.717) is 13.0 Å². The Hall–Kier alpha value is -1.85. The maximum atomic E-state index is 11.8. The number of aliphatic carboxylic acids is 1. The topological polar surface area (TPSA) is 95.1 Å². The van der Waals surface area contributed by atoms with Crippen molar-refractivity contribution in [1.82, 2.24) is 15.3 Å². The van der Waals surface area contributed by atoms with Gasteiger partial charge in [-0.3, -0.25) is 9.59 Å². The number of carboxylic acid groups (broad SMARTS) is 1. The van der Waals surface area contributed by atoms with Crippen LogP contribution in [0.1, 0.15) is 32.9 Å². The van der Waals surface area contributed by atoms with Crippen LogP contribution in [-0.4, -0.2) is 33.5 Å². The molecular formula is C13H21N3O3. The SMILES string of the molecule is CC(C)C(C)(CC(=O)NCCc1cnc[nH]1)C(=O)O. The number of hydrogen-bond acceptors (Lipinski definition) is 3. The van der Waals surface area contributed by atoms with Gasteiger partial charge in [0.2, 0.25) is 5.91 Å². The third-order valence-electron chi connectivity index (χ3n) is 3.56. The first-order valence-corrected chi connectivity index (χ1v) is 6.33. The van der Waals surface area contributed by atoms with Crippen molar-refractivity contribution in [3.8, 4) is 0 Å². The molecule has 0 saturated heterocycles. The number of imidazole rings is 1. The molecule has 1 heterocycles. The van der Waals surface area contributed by atoms with E-state index in [4.69, 9.17) is 0 Å². The van der Waals surface area contributed by atoms with Crippen molar-refractivity contribution >= 4 is 11.9 Å². The fourth-order valence-electron chi connectivity index (χ4n) is 1.68. The Bertz CT molecular complexity index is 428. The fraction of sp³-hybridized carbons (Fsp3) is 0.615. The van der Waals surface area contributed by atoms with E-state index in [1.165, 1.54) is 0 Å². The molecule has 0 aliphatic carbocycles. The molecule has 0 saturated carbocycles. The molecule has 6 nitrogen and oxygen atoms in total. The van der Waals surface area contributed by atoms with Gasteiger partial charge in [0.15, 0.2) is 0 Å². The lowest BCUT2D eigenvalue weighted by Gasteiger charge is -2.28. The first-order valence-electron chi connectivity index (χ1n) is 6.33. The molecule has 1 aromatic heterocycles. The van der Waals surface area contributed by atoms with Gasteiger partial charge in [0, 0.05) is 31.3 Å². The molecule has 0 spiro atoms. The van der Waals surface area contributed by atoms with Gasteiger partial charge in [-0.1, -0.05) is 13.8 Å². The predicted octanol–water partition coefficient (Wildman–Crippen LogP) is 1.21. The number of carboxylic acids is 1. The molecule has 1 atom stereocenters. The second-order valence-electron chi connectivity index (χ2n) is 5.23. The summed E-state index contributed by atoms with van der Waals surface area (Å²) in [5.74, 6) is -1.28. The third-order valence-corrected chi connectivity index (χ3v) is 3.56. The number of amides is 1. The van der Waals surface area contributed by atoms with Crippen LogP contribution in [0.2, 0.25) is 0 Å². The highest BCUT2D eigenvalue weighted by Crippen LogP contribution is 2.31. The lowest BCUT2D eigenvalue weighted by molar-refractivity contribution is -0.153. The zero-order valence-corrected chi connectivity index (χ0v) is 11.6. The minimum atomic E-state index is -1.03. The normalized spacial score (nSPS) is 14.1. The number of nitrogens with zero attached hydrogens (tertiary/aromatic N) is 1. The number of aromatic amines is 1. The Balaban J connectivity index is 2.43. The van der Waals surface area contributed by atoms with Gasteiger partial charge < -0.3 is 15.4 Å². The van der Waals surface area contributed by atoms with Crippen molar-refractivity contribution in [2.75, 3.05) is 6.54 Å². The van der Waals surface area contributed by atoms with Gasteiger partial charge in [0.1, 0.15) is 0 Å². The number of nitrogens with one attached hydrogen (secondary N) is 2. The first-order chi connectivity index (χ1) is 8.86. The molecule has 6 heteroatoms. The largest absolute Gasteiger partial charge is 0.481 e. The summed E-state index contributed by atoms with van der Waals surface area (Å²) >= 11 is 0. The second kappa shape index (κ2) is 6.36. The van der Waals surface area contributed by atoms with Crippen molar-refractivity contribution < 1.29 is 14.7 Å². The Kier molecular flexibility index (Phi) is 5.09. The molecule has 0 fully saturated rings. The Labute approximate surface area is 112 Å². The van der Waals surface area contributed by atoms with E-state index >= 15 is 0 Å². The summed E-state index contributed by atoms with van der Waals surface area (Å²) in [4.78, 5) is 29.9. The molecule has 19 heavy (non-hydrogen) atoms. The monoisotopic (exact) mass is 267 g/mol. The van der Waals surface area contributed by atoms with Gasteiger partial charge in [-0.15, -0.1) is 0 Å². The maximum absolute atomic E-state index is 11.8. The number of carbonyl (C=O) groups excluding carboxylic acids is 1. The molecule has 1 rings (SSSR count). The molecule has 0 aliphatic heterocycles. The average Bonchev–Trinajstić information content (AvgIpc) is 2.81. The number of H-pyrrole nitrogens is 1. The van der Waals surface area contributed by atoms with E-state index in [1.54, 1.807) is 19.4 Å². The highest BCUT2D eigenvalue weighted by atomic mass is 16.4. The van der Waals surface area contributed by atoms with Crippen LogP contribution in [0, 0.1) is 11.3 Å². The Morgan fingerprint density at radius 2 is 2.21 bits per heavy atom. The van der Waals surface area contributed by atoms with Crippen molar-refractivity contribution in [1.29, 1.82) is 0 Å². The molecule has 106 valence electrons. The maximum Gasteiger partial charge on any atom is 0.310 e.